The summed E-state index contributed by atoms with van der Waals surface area (Å²) in [6.07, 6.45) is 0. The fourth-order valence-electron chi connectivity index (χ4n) is 3.91. The maximum Gasteiger partial charge on any atom is 0.339 e. The molecule has 3 rings (SSSR count). The lowest BCUT2D eigenvalue weighted by Gasteiger charge is -2.24. The van der Waals surface area contributed by atoms with E-state index in [2.05, 4.69) is 20.8 Å². The van der Waals surface area contributed by atoms with Crippen molar-refractivity contribution in [3.63, 3.8) is 0 Å². The number of nitrogens with zero attached hydrogens (tertiary/aromatic N) is 2. The third-order valence-corrected chi connectivity index (χ3v) is 7.55. The van der Waals surface area contributed by atoms with Crippen LogP contribution in [0.3, 0.4) is 0 Å². The summed E-state index contributed by atoms with van der Waals surface area (Å²) in [6, 6.07) is -1.46. The van der Waals surface area contributed by atoms with Gasteiger partial charge in [0.1, 0.15) is 43.0 Å². The highest BCUT2D eigenvalue weighted by atomic mass is 32.2. The van der Waals surface area contributed by atoms with Crippen LogP contribution in [0.1, 0.15) is 41.0 Å². The minimum atomic E-state index is -1.56. The van der Waals surface area contributed by atoms with Gasteiger partial charge in [0.05, 0.1) is 12.7 Å². The van der Waals surface area contributed by atoms with Crippen LogP contribution in [-0.4, -0.2) is 85.1 Å². The molecule has 0 bridgehead atoms. The summed E-state index contributed by atoms with van der Waals surface area (Å²) in [5.41, 5.74) is 5.68. The number of thioether (sulfide) groups is 1. The zero-order valence-electron chi connectivity index (χ0n) is 24.2. The summed E-state index contributed by atoms with van der Waals surface area (Å²) < 4.78 is 20.9. The largest absolute Gasteiger partial charge is 0.467 e. The number of benzene rings is 1. The third-order valence-electron chi connectivity index (χ3n) is 5.82. The second kappa shape index (κ2) is 15.1. The van der Waals surface area contributed by atoms with E-state index in [9.17, 15) is 28.8 Å². The molecule has 18 heteroatoms. The molecule has 1 aromatic carbocycles. The van der Waals surface area contributed by atoms with E-state index in [1.165, 1.54) is 25.5 Å². The molecule has 44 heavy (non-hydrogen) atoms. The highest BCUT2D eigenvalue weighted by Crippen LogP contribution is 2.37. The van der Waals surface area contributed by atoms with Crippen LogP contribution in [0.4, 0.5) is 5.13 Å². The summed E-state index contributed by atoms with van der Waals surface area (Å²) in [4.78, 5) is 85.1. The second-order valence-electron chi connectivity index (χ2n) is 8.96. The zero-order valence-corrected chi connectivity index (χ0v) is 25.8. The van der Waals surface area contributed by atoms with Crippen LogP contribution in [0.2, 0.25) is 0 Å². The molecule has 1 aliphatic heterocycles. The second-order valence-corrected chi connectivity index (χ2v) is 10.9. The molecule has 236 valence electrons. The SMILES string of the molecule is CO/N=C(\C(=O)N[C@H]1COC(=O)c2c(C)c(OC(C)=O)cc(OC(C)=O)c2CSC[C@@H](C(=O)OC)NC1=O)c1csc(N)n1. The number of oxime groups is 1. The number of anilines is 1. The molecule has 0 aliphatic carbocycles. The fourth-order valence-corrected chi connectivity index (χ4v) is 5.52. The first-order chi connectivity index (χ1) is 20.9. The number of amides is 2. The summed E-state index contributed by atoms with van der Waals surface area (Å²) >= 11 is 2.13. The normalized spacial score (nSPS) is 17.4. The fraction of sp³-hybridized carbons (Fsp3) is 0.385. The van der Waals surface area contributed by atoms with Crippen molar-refractivity contribution in [3.8, 4) is 11.5 Å². The summed E-state index contributed by atoms with van der Waals surface area (Å²) in [5, 5.41) is 10.2. The quantitative estimate of drug-likeness (QED) is 0.160. The summed E-state index contributed by atoms with van der Waals surface area (Å²) in [7, 11) is 2.33. The van der Waals surface area contributed by atoms with Gasteiger partial charge in [0, 0.05) is 47.9 Å². The number of rotatable bonds is 7. The molecule has 1 aromatic heterocycles. The van der Waals surface area contributed by atoms with Crippen LogP contribution in [0.25, 0.3) is 0 Å². The van der Waals surface area contributed by atoms with Gasteiger partial charge in [-0.2, -0.15) is 11.8 Å². The highest BCUT2D eigenvalue weighted by Gasteiger charge is 2.33. The highest BCUT2D eigenvalue weighted by molar-refractivity contribution is 7.98. The van der Waals surface area contributed by atoms with Gasteiger partial charge >= 0.3 is 23.9 Å². The lowest BCUT2D eigenvalue weighted by atomic mass is 10.0. The molecule has 2 atom stereocenters. The van der Waals surface area contributed by atoms with Gasteiger partial charge in [0.25, 0.3) is 5.91 Å². The molecular formula is C26H29N5O11S2. The summed E-state index contributed by atoms with van der Waals surface area (Å²) in [6.45, 7) is 3.06. The number of fused-ring (bicyclic) bond motifs is 1. The Bertz CT molecular complexity index is 1510. The number of nitrogen functional groups attached to an aromatic ring is 1. The standard InChI is InChI=1S/C26H29N5O11S2/c1-11-18(41-12(2)32)6-19(42-13(3)33)14-8-43-9-17(24(36)38-4)29-22(34)15(7-40-25(37)20(11)14)28-23(35)21(31-39-5)16-10-44-26(27)30-16/h6,10,15,17H,7-9H2,1-5H3,(H2,27,30)(H,28,35)(H,29,34)/b31-21-/t15-,17-/m0/s1. The Morgan fingerprint density at radius 2 is 1.82 bits per heavy atom. The third kappa shape index (κ3) is 8.44. The average Bonchev–Trinajstić information content (AvgIpc) is 3.39. The number of hydrogen-bond donors (Lipinski definition) is 3. The molecule has 0 spiro atoms. The van der Waals surface area contributed by atoms with E-state index in [1.807, 2.05) is 0 Å². The Hall–Kier alpha value is -4.71. The van der Waals surface area contributed by atoms with Crippen LogP contribution in [0.5, 0.6) is 11.5 Å². The molecule has 0 saturated heterocycles. The van der Waals surface area contributed by atoms with Crippen molar-refractivity contribution < 1.29 is 52.6 Å². The molecule has 4 N–H and O–H groups in total. The number of carbonyl (C=O) groups is 6. The number of nitrogens with one attached hydrogen (secondary N) is 2. The molecule has 0 unspecified atom stereocenters. The molecule has 2 aromatic rings. The maximum absolute atomic E-state index is 13.5. The van der Waals surface area contributed by atoms with Crippen LogP contribution >= 0.6 is 23.1 Å². The predicted molar refractivity (Wildman–Crippen MR) is 156 cm³/mol. The van der Waals surface area contributed by atoms with Gasteiger partial charge in [-0.3, -0.25) is 19.2 Å². The molecule has 0 radical (unpaired) electrons. The lowest BCUT2D eigenvalue weighted by Crippen LogP contribution is -2.55. The first-order valence-corrected chi connectivity index (χ1v) is 14.7. The van der Waals surface area contributed by atoms with Crippen molar-refractivity contribution in [3.05, 3.63) is 33.8 Å². The number of cyclic esters (lactones) is 1. The minimum Gasteiger partial charge on any atom is -0.467 e. The van der Waals surface area contributed by atoms with Crippen LogP contribution in [-0.2, 0) is 44.0 Å². The van der Waals surface area contributed by atoms with Gasteiger partial charge in [0.15, 0.2) is 10.8 Å². The van der Waals surface area contributed by atoms with Crippen molar-refractivity contribution in [2.75, 3.05) is 32.3 Å². The molecular weight excluding hydrogens is 622 g/mol. The molecule has 1 aliphatic rings. The Morgan fingerprint density at radius 1 is 1.14 bits per heavy atom. The number of carbonyl (C=O) groups excluding carboxylic acids is 6. The van der Waals surface area contributed by atoms with E-state index in [0.29, 0.717) is 0 Å². The number of nitrogens with two attached hydrogens (primary N) is 1. The van der Waals surface area contributed by atoms with Crippen molar-refractivity contribution in [2.45, 2.75) is 38.6 Å². The van der Waals surface area contributed by atoms with E-state index < -0.39 is 54.4 Å². The van der Waals surface area contributed by atoms with Crippen molar-refractivity contribution >= 4 is 69.6 Å². The number of hydrogen-bond acceptors (Lipinski definition) is 16. The van der Waals surface area contributed by atoms with Crippen LogP contribution < -0.4 is 25.8 Å². The molecule has 16 nitrogen and oxygen atoms in total. The number of aromatic nitrogens is 1. The predicted octanol–water partition coefficient (Wildman–Crippen LogP) is 0.481. The number of methoxy groups -OCH3 is 1. The maximum atomic E-state index is 13.5. The van der Waals surface area contributed by atoms with Crippen LogP contribution in [0.15, 0.2) is 16.6 Å². The van der Waals surface area contributed by atoms with Crippen molar-refractivity contribution in [1.82, 2.24) is 15.6 Å². The Labute approximate surface area is 258 Å². The Kier molecular flexibility index (Phi) is 11.6. The molecule has 0 fully saturated rings. The van der Waals surface area contributed by atoms with E-state index >= 15 is 0 Å². The number of ether oxygens (including phenoxy) is 4. The van der Waals surface area contributed by atoms with Gasteiger partial charge in [-0.1, -0.05) is 5.16 Å². The zero-order chi connectivity index (χ0) is 32.6. The number of thiazole rings is 1. The van der Waals surface area contributed by atoms with Crippen LogP contribution in [0, 0.1) is 6.92 Å². The Morgan fingerprint density at radius 3 is 2.41 bits per heavy atom. The minimum absolute atomic E-state index is 0.00534. The topological polar surface area (TPSA) is 224 Å². The van der Waals surface area contributed by atoms with Gasteiger partial charge < -0.3 is 40.2 Å². The van der Waals surface area contributed by atoms with Gasteiger partial charge in [-0.15, -0.1) is 11.3 Å². The molecule has 2 heterocycles. The molecule has 0 saturated carbocycles. The van der Waals surface area contributed by atoms with Crippen molar-refractivity contribution in [1.29, 1.82) is 0 Å². The number of esters is 4. The first kappa shape index (κ1) is 33.8. The van der Waals surface area contributed by atoms with Crippen molar-refractivity contribution in [2.24, 2.45) is 5.16 Å². The van der Waals surface area contributed by atoms with E-state index in [4.69, 9.17) is 29.5 Å². The summed E-state index contributed by atoms with van der Waals surface area (Å²) in [5.74, 6) is -5.19. The average molecular weight is 652 g/mol. The lowest BCUT2D eigenvalue weighted by molar-refractivity contribution is -0.144. The van der Waals surface area contributed by atoms with Gasteiger partial charge in [-0.25, -0.2) is 14.6 Å². The molecule has 2 amide bonds. The Balaban J connectivity index is 2.07. The smallest absolute Gasteiger partial charge is 0.339 e. The van der Waals surface area contributed by atoms with E-state index in [0.717, 1.165) is 44.1 Å². The van der Waals surface area contributed by atoms with Gasteiger partial charge in [-0.05, 0) is 6.92 Å². The van der Waals surface area contributed by atoms with E-state index in [1.54, 1.807) is 0 Å². The van der Waals surface area contributed by atoms with E-state index in [-0.39, 0.29) is 56.2 Å². The van der Waals surface area contributed by atoms with Gasteiger partial charge in [0.2, 0.25) is 5.91 Å². The first-order valence-electron chi connectivity index (χ1n) is 12.7. The monoisotopic (exact) mass is 651 g/mol.